The highest BCUT2D eigenvalue weighted by Crippen LogP contribution is 2.32. The molecule has 1 amide bonds. The van der Waals surface area contributed by atoms with E-state index in [1.54, 1.807) is 11.3 Å². The van der Waals surface area contributed by atoms with Crippen molar-refractivity contribution in [1.82, 2.24) is 9.88 Å². The minimum Gasteiger partial charge on any atom is -0.484 e. The minimum absolute atomic E-state index is 0.0311. The molecule has 158 valence electrons. The van der Waals surface area contributed by atoms with Crippen LogP contribution < -0.4 is 9.64 Å². The number of aromatic nitrogens is 1. The van der Waals surface area contributed by atoms with Crippen LogP contribution >= 0.6 is 11.3 Å². The van der Waals surface area contributed by atoms with Gasteiger partial charge in [-0.15, -0.1) is 0 Å². The van der Waals surface area contributed by atoms with Gasteiger partial charge in [-0.1, -0.05) is 47.7 Å². The number of fused-ring (bicyclic) bond motifs is 2. The monoisotopic (exact) mass is 431 g/mol. The molecule has 0 atom stereocenters. The Morgan fingerprint density at radius 2 is 1.77 bits per heavy atom. The molecule has 3 aromatic carbocycles. The third kappa shape index (κ3) is 3.95. The average Bonchev–Trinajstić information content (AvgIpc) is 3.25. The maximum absolute atomic E-state index is 12.7. The van der Waals surface area contributed by atoms with Gasteiger partial charge in [-0.2, -0.15) is 0 Å². The number of piperazine rings is 1. The van der Waals surface area contributed by atoms with Crippen LogP contribution in [0.15, 0.2) is 54.6 Å². The molecule has 0 N–H and O–H groups in total. The van der Waals surface area contributed by atoms with Crippen LogP contribution in [0.5, 0.6) is 5.75 Å². The van der Waals surface area contributed by atoms with E-state index >= 15 is 0 Å². The fourth-order valence-electron chi connectivity index (χ4n) is 3.99. The molecule has 0 bridgehead atoms. The maximum atomic E-state index is 12.7. The third-order valence-electron chi connectivity index (χ3n) is 6.06. The zero-order valence-corrected chi connectivity index (χ0v) is 18.6. The summed E-state index contributed by atoms with van der Waals surface area (Å²) < 4.78 is 7.01. The van der Waals surface area contributed by atoms with Crippen molar-refractivity contribution in [1.29, 1.82) is 0 Å². The number of aryl methyl sites for hydroxylation is 2. The number of hydrogen-bond donors (Lipinski definition) is 0. The van der Waals surface area contributed by atoms with Crippen molar-refractivity contribution in [3.05, 3.63) is 65.7 Å². The molecule has 4 aromatic rings. The molecular formula is C25H25N3O2S. The van der Waals surface area contributed by atoms with Crippen LogP contribution in [-0.2, 0) is 4.79 Å². The summed E-state index contributed by atoms with van der Waals surface area (Å²) in [5, 5.41) is 3.32. The first-order chi connectivity index (χ1) is 15.1. The first-order valence-electron chi connectivity index (χ1n) is 10.6. The Kier molecular flexibility index (Phi) is 5.24. The zero-order valence-electron chi connectivity index (χ0n) is 17.8. The Morgan fingerprint density at radius 1 is 1.00 bits per heavy atom. The number of anilines is 1. The van der Waals surface area contributed by atoms with E-state index in [0.717, 1.165) is 40.3 Å². The number of carbonyl (C=O) groups is 1. The lowest BCUT2D eigenvalue weighted by atomic mass is 10.1. The summed E-state index contributed by atoms with van der Waals surface area (Å²) in [7, 11) is 0. The molecule has 31 heavy (non-hydrogen) atoms. The van der Waals surface area contributed by atoms with E-state index in [9.17, 15) is 4.79 Å². The summed E-state index contributed by atoms with van der Waals surface area (Å²) in [5.41, 5.74) is 3.62. The fraction of sp³-hybridized carbons (Fsp3) is 0.280. The topological polar surface area (TPSA) is 45.7 Å². The van der Waals surface area contributed by atoms with Crippen LogP contribution in [0, 0.1) is 13.8 Å². The molecule has 1 aliphatic heterocycles. The van der Waals surface area contributed by atoms with Gasteiger partial charge in [0.15, 0.2) is 11.7 Å². The lowest BCUT2D eigenvalue weighted by Crippen LogP contribution is -2.50. The average molecular weight is 432 g/mol. The molecule has 0 radical (unpaired) electrons. The summed E-state index contributed by atoms with van der Waals surface area (Å²) in [6.45, 7) is 7.28. The molecular weight excluding hydrogens is 406 g/mol. The van der Waals surface area contributed by atoms with E-state index in [1.807, 2.05) is 41.3 Å². The highest BCUT2D eigenvalue weighted by Gasteiger charge is 2.23. The number of rotatable bonds is 4. The van der Waals surface area contributed by atoms with Crippen molar-refractivity contribution in [3.8, 4) is 5.75 Å². The van der Waals surface area contributed by atoms with Crippen molar-refractivity contribution < 1.29 is 9.53 Å². The Hall–Kier alpha value is -3.12. The molecule has 0 saturated carbocycles. The molecule has 5 rings (SSSR count). The van der Waals surface area contributed by atoms with Gasteiger partial charge in [0, 0.05) is 26.2 Å². The molecule has 0 unspecified atom stereocenters. The number of thiazole rings is 1. The van der Waals surface area contributed by atoms with Gasteiger partial charge in [-0.05, 0) is 53.9 Å². The Bertz CT molecular complexity index is 1260. The van der Waals surface area contributed by atoms with Crippen LogP contribution in [0.1, 0.15) is 11.1 Å². The number of ether oxygens (including phenoxy) is 1. The van der Waals surface area contributed by atoms with E-state index < -0.39 is 0 Å². The van der Waals surface area contributed by atoms with E-state index in [1.165, 1.54) is 15.8 Å². The second kappa shape index (κ2) is 8.19. The Balaban J connectivity index is 1.19. The fourth-order valence-corrected chi connectivity index (χ4v) is 5.07. The Labute approximate surface area is 185 Å². The van der Waals surface area contributed by atoms with Gasteiger partial charge >= 0.3 is 0 Å². The second-order valence-electron chi connectivity index (χ2n) is 8.02. The molecule has 5 nitrogen and oxygen atoms in total. The number of hydrogen-bond acceptors (Lipinski definition) is 5. The minimum atomic E-state index is 0.0311. The normalized spacial score (nSPS) is 14.4. The number of carbonyl (C=O) groups excluding carboxylic acids is 1. The highest BCUT2D eigenvalue weighted by molar-refractivity contribution is 7.22. The van der Waals surface area contributed by atoms with Crippen LogP contribution in [0.2, 0.25) is 0 Å². The lowest BCUT2D eigenvalue weighted by Gasteiger charge is -2.34. The van der Waals surface area contributed by atoms with Crippen LogP contribution in [0.3, 0.4) is 0 Å². The van der Waals surface area contributed by atoms with E-state index in [0.29, 0.717) is 13.1 Å². The van der Waals surface area contributed by atoms with E-state index in [2.05, 4.69) is 36.9 Å². The number of amides is 1. The van der Waals surface area contributed by atoms with Crippen molar-refractivity contribution >= 4 is 43.4 Å². The molecule has 1 aromatic heterocycles. The third-order valence-corrected chi connectivity index (χ3v) is 7.14. The molecule has 6 heteroatoms. The van der Waals surface area contributed by atoms with Crippen molar-refractivity contribution in [2.75, 3.05) is 37.7 Å². The maximum Gasteiger partial charge on any atom is 0.260 e. The summed E-state index contributed by atoms with van der Waals surface area (Å²) >= 11 is 1.73. The van der Waals surface area contributed by atoms with Gasteiger partial charge in [0.2, 0.25) is 0 Å². The standard InChI is InChI=1S/C25H25N3O2S/c1-17-7-10-22-24(18(17)2)26-25(31-22)28-13-11-27(12-14-28)23(29)16-30-21-9-8-19-5-3-4-6-20(19)15-21/h3-10,15H,11-14,16H2,1-2H3. The van der Waals surface area contributed by atoms with Gasteiger partial charge in [0.25, 0.3) is 5.91 Å². The van der Waals surface area contributed by atoms with Crippen molar-refractivity contribution in [3.63, 3.8) is 0 Å². The largest absolute Gasteiger partial charge is 0.484 e. The highest BCUT2D eigenvalue weighted by atomic mass is 32.1. The first-order valence-corrected chi connectivity index (χ1v) is 11.4. The SMILES string of the molecule is Cc1ccc2sc(N3CCN(C(=O)COc4ccc5ccccc5c4)CC3)nc2c1C. The van der Waals surface area contributed by atoms with Gasteiger partial charge in [-0.25, -0.2) is 4.98 Å². The predicted molar refractivity (Wildman–Crippen MR) is 127 cm³/mol. The molecule has 1 fully saturated rings. The lowest BCUT2D eigenvalue weighted by molar-refractivity contribution is -0.133. The van der Waals surface area contributed by atoms with E-state index in [4.69, 9.17) is 9.72 Å². The molecule has 0 aliphatic carbocycles. The van der Waals surface area contributed by atoms with Crippen LogP contribution in [0.25, 0.3) is 21.0 Å². The molecule has 0 spiro atoms. The zero-order chi connectivity index (χ0) is 21.4. The van der Waals surface area contributed by atoms with Crippen molar-refractivity contribution in [2.45, 2.75) is 13.8 Å². The summed E-state index contributed by atoms with van der Waals surface area (Å²) in [5.74, 6) is 0.759. The predicted octanol–water partition coefficient (Wildman–Crippen LogP) is 4.79. The Morgan fingerprint density at radius 3 is 2.58 bits per heavy atom. The number of nitrogens with zero attached hydrogens (tertiary/aromatic N) is 3. The van der Waals surface area contributed by atoms with Gasteiger partial charge in [0.1, 0.15) is 5.75 Å². The molecule has 1 saturated heterocycles. The van der Waals surface area contributed by atoms with Gasteiger partial charge < -0.3 is 14.5 Å². The summed E-state index contributed by atoms with van der Waals surface area (Å²) in [6, 6.07) is 18.4. The van der Waals surface area contributed by atoms with Gasteiger partial charge in [0.05, 0.1) is 10.2 Å². The van der Waals surface area contributed by atoms with Crippen LogP contribution in [-0.4, -0.2) is 48.6 Å². The van der Waals surface area contributed by atoms with Gasteiger partial charge in [-0.3, -0.25) is 4.79 Å². The van der Waals surface area contributed by atoms with Crippen LogP contribution in [0.4, 0.5) is 5.13 Å². The number of benzene rings is 3. The smallest absolute Gasteiger partial charge is 0.260 e. The summed E-state index contributed by atoms with van der Waals surface area (Å²) in [6.07, 6.45) is 0. The quantitative estimate of drug-likeness (QED) is 0.466. The molecule has 1 aliphatic rings. The second-order valence-corrected chi connectivity index (χ2v) is 9.03. The first kappa shape index (κ1) is 19.8. The molecule has 2 heterocycles. The van der Waals surface area contributed by atoms with E-state index in [-0.39, 0.29) is 12.5 Å². The summed E-state index contributed by atoms with van der Waals surface area (Å²) in [4.78, 5) is 21.7. The van der Waals surface area contributed by atoms with Crippen molar-refractivity contribution in [2.24, 2.45) is 0 Å².